The minimum atomic E-state index is -0.715. The van der Waals surface area contributed by atoms with Crippen LogP contribution >= 0.6 is 0 Å². The number of Topliss-reactive ketones (excluding diaryl/α,β-unsaturated/α-hetero) is 1. The summed E-state index contributed by atoms with van der Waals surface area (Å²) in [4.78, 5) is 11.8. The normalized spacial score (nSPS) is 14.9. The summed E-state index contributed by atoms with van der Waals surface area (Å²) in [5, 5.41) is 9.95. The molecule has 1 aliphatic carbocycles. The number of hydrogen-bond donors (Lipinski definition) is 1. The minimum Gasteiger partial charge on any atom is -0.491 e. The molecule has 0 amide bonds. The zero-order valence-electron chi connectivity index (χ0n) is 12.9. The van der Waals surface area contributed by atoms with Crippen molar-refractivity contribution in [1.82, 2.24) is 0 Å². The van der Waals surface area contributed by atoms with E-state index >= 15 is 0 Å². The van der Waals surface area contributed by atoms with Crippen molar-refractivity contribution in [3.8, 4) is 11.5 Å². The first kappa shape index (κ1) is 15.6. The lowest BCUT2D eigenvalue weighted by atomic mass is 9.90. The number of carbonyl (C=O) groups excluding carboxylic acids is 1. The fraction of sp³-hybridized carbons (Fsp3) is 0.316. The molecule has 0 fully saturated rings. The highest BCUT2D eigenvalue weighted by molar-refractivity contribution is 5.98. The van der Waals surface area contributed by atoms with Crippen molar-refractivity contribution < 1.29 is 19.4 Å². The van der Waals surface area contributed by atoms with Gasteiger partial charge in [-0.2, -0.15) is 0 Å². The molecule has 0 heterocycles. The molecule has 0 saturated carbocycles. The molecule has 0 spiro atoms. The van der Waals surface area contributed by atoms with Crippen LogP contribution in [-0.2, 0) is 6.42 Å². The van der Waals surface area contributed by atoms with E-state index < -0.39 is 6.10 Å². The molecule has 0 aliphatic heterocycles. The van der Waals surface area contributed by atoms with Crippen LogP contribution in [0.1, 0.15) is 28.8 Å². The molecular formula is C19H20O4. The predicted octanol–water partition coefficient (Wildman–Crippen LogP) is 3.02. The average Bonchev–Trinajstić information content (AvgIpc) is 2.59. The Morgan fingerprint density at radius 1 is 0.957 bits per heavy atom. The van der Waals surface area contributed by atoms with Gasteiger partial charge in [0.05, 0.1) is 0 Å². The predicted molar refractivity (Wildman–Crippen MR) is 87.1 cm³/mol. The Kier molecular flexibility index (Phi) is 4.93. The smallest absolute Gasteiger partial charge is 0.163 e. The Labute approximate surface area is 135 Å². The second-order valence-corrected chi connectivity index (χ2v) is 5.68. The molecule has 4 heteroatoms. The number of aryl methyl sites for hydroxylation is 1. The van der Waals surface area contributed by atoms with E-state index in [9.17, 15) is 9.90 Å². The number of hydrogen-bond acceptors (Lipinski definition) is 4. The van der Waals surface area contributed by atoms with Crippen LogP contribution in [0, 0.1) is 0 Å². The standard InChI is InChI=1S/C19H20O4/c20-15(12-22-16-6-2-1-3-7-16)13-23-17-9-10-18-14(11-17)5-4-8-19(18)21/h1-3,6-7,9-11,15,20H,4-5,8,12-13H2. The maximum absolute atomic E-state index is 11.8. The lowest BCUT2D eigenvalue weighted by Crippen LogP contribution is -2.25. The molecule has 0 aromatic heterocycles. The lowest BCUT2D eigenvalue weighted by Gasteiger charge is -2.17. The van der Waals surface area contributed by atoms with Crippen LogP contribution in [0.5, 0.6) is 11.5 Å². The number of fused-ring (bicyclic) bond motifs is 1. The first-order valence-electron chi connectivity index (χ1n) is 7.87. The third-order valence-electron chi connectivity index (χ3n) is 3.86. The molecule has 4 nitrogen and oxygen atoms in total. The van der Waals surface area contributed by atoms with Gasteiger partial charge in [0.25, 0.3) is 0 Å². The SMILES string of the molecule is O=C1CCCc2cc(OCC(O)COc3ccccc3)ccc21. The van der Waals surface area contributed by atoms with Gasteiger partial charge in [-0.3, -0.25) is 4.79 Å². The van der Waals surface area contributed by atoms with Crippen molar-refractivity contribution in [3.05, 3.63) is 59.7 Å². The van der Waals surface area contributed by atoms with E-state index in [0.717, 1.165) is 29.7 Å². The number of aliphatic hydroxyl groups is 1. The highest BCUT2D eigenvalue weighted by atomic mass is 16.5. The fourth-order valence-corrected chi connectivity index (χ4v) is 2.66. The number of ketones is 1. The zero-order valence-corrected chi connectivity index (χ0v) is 12.9. The summed E-state index contributed by atoms with van der Waals surface area (Å²) in [6.07, 6.45) is 1.71. The Morgan fingerprint density at radius 2 is 1.70 bits per heavy atom. The number of rotatable bonds is 6. The minimum absolute atomic E-state index is 0.152. The second kappa shape index (κ2) is 7.29. The highest BCUT2D eigenvalue weighted by Gasteiger charge is 2.17. The molecule has 0 radical (unpaired) electrons. The number of para-hydroxylation sites is 1. The maximum Gasteiger partial charge on any atom is 0.163 e. The maximum atomic E-state index is 11.8. The van der Waals surface area contributed by atoms with Crippen LogP contribution in [0.4, 0.5) is 0 Å². The molecule has 23 heavy (non-hydrogen) atoms. The Balaban J connectivity index is 1.51. The molecule has 1 aliphatic rings. The van der Waals surface area contributed by atoms with Gasteiger partial charge < -0.3 is 14.6 Å². The van der Waals surface area contributed by atoms with Crippen molar-refractivity contribution in [2.45, 2.75) is 25.4 Å². The molecule has 1 N–H and O–H groups in total. The van der Waals surface area contributed by atoms with Gasteiger partial charge >= 0.3 is 0 Å². The topological polar surface area (TPSA) is 55.8 Å². The molecule has 2 aromatic carbocycles. The number of carbonyl (C=O) groups is 1. The third kappa shape index (κ3) is 4.11. The molecule has 2 aromatic rings. The zero-order chi connectivity index (χ0) is 16.1. The monoisotopic (exact) mass is 312 g/mol. The van der Waals surface area contributed by atoms with E-state index in [2.05, 4.69) is 0 Å². The van der Waals surface area contributed by atoms with Crippen molar-refractivity contribution in [3.63, 3.8) is 0 Å². The van der Waals surface area contributed by atoms with Crippen LogP contribution in [0.3, 0.4) is 0 Å². The second-order valence-electron chi connectivity index (χ2n) is 5.68. The van der Waals surface area contributed by atoms with Crippen molar-refractivity contribution in [2.24, 2.45) is 0 Å². The molecule has 120 valence electrons. The van der Waals surface area contributed by atoms with Crippen LogP contribution in [0.2, 0.25) is 0 Å². The van der Waals surface area contributed by atoms with Gasteiger partial charge in [-0.15, -0.1) is 0 Å². The lowest BCUT2D eigenvalue weighted by molar-refractivity contribution is 0.0626. The summed E-state index contributed by atoms with van der Waals surface area (Å²) in [5.41, 5.74) is 1.84. The van der Waals surface area contributed by atoms with Crippen molar-refractivity contribution in [2.75, 3.05) is 13.2 Å². The Bertz CT molecular complexity index is 666. The van der Waals surface area contributed by atoms with Crippen molar-refractivity contribution in [1.29, 1.82) is 0 Å². The molecular weight excluding hydrogens is 292 g/mol. The molecule has 3 rings (SSSR count). The molecule has 0 bridgehead atoms. The van der Waals surface area contributed by atoms with Crippen LogP contribution in [0.15, 0.2) is 48.5 Å². The van der Waals surface area contributed by atoms with Crippen LogP contribution in [0.25, 0.3) is 0 Å². The average molecular weight is 312 g/mol. The van der Waals surface area contributed by atoms with Gasteiger partial charge in [-0.25, -0.2) is 0 Å². The summed E-state index contributed by atoms with van der Waals surface area (Å²) in [7, 11) is 0. The highest BCUT2D eigenvalue weighted by Crippen LogP contribution is 2.25. The van der Waals surface area contributed by atoms with E-state index in [0.29, 0.717) is 12.2 Å². The molecule has 1 unspecified atom stereocenters. The summed E-state index contributed by atoms with van der Waals surface area (Å²) in [6.45, 7) is 0.326. The van der Waals surface area contributed by atoms with E-state index in [1.807, 2.05) is 42.5 Å². The summed E-state index contributed by atoms with van der Waals surface area (Å²) >= 11 is 0. The Morgan fingerprint density at radius 3 is 2.48 bits per heavy atom. The summed E-state index contributed by atoms with van der Waals surface area (Å²) in [6, 6.07) is 14.9. The van der Waals surface area contributed by atoms with Crippen LogP contribution in [-0.4, -0.2) is 30.2 Å². The Hall–Kier alpha value is -2.33. The van der Waals surface area contributed by atoms with Gasteiger partial charge in [-0.05, 0) is 48.7 Å². The van der Waals surface area contributed by atoms with Gasteiger partial charge in [0.1, 0.15) is 30.8 Å². The van der Waals surface area contributed by atoms with E-state index in [-0.39, 0.29) is 19.0 Å². The van der Waals surface area contributed by atoms with Gasteiger partial charge in [0, 0.05) is 12.0 Å². The fourth-order valence-electron chi connectivity index (χ4n) is 2.66. The number of aliphatic hydroxyl groups excluding tert-OH is 1. The van der Waals surface area contributed by atoms with Crippen LogP contribution < -0.4 is 9.47 Å². The summed E-state index contributed by atoms with van der Waals surface area (Å²) in [5.74, 6) is 1.60. The molecule has 0 saturated heterocycles. The number of benzene rings is 2. The first-order valence-corrected chi connectivity index (χ1v) is 7.87. The largest absolute Gasteiger partial charge is 0.491 e. The van der Waals surface area contributed by atoms with E-state index in [1.165, 1.54) is 0 Å². The van der Waals surface area contributed by atoms with Gasteiger partial charge in [0.15, 0.2) is 5.78 Å². The third-order valence-corrected chi connectivity index (χ3v) is 3.86. The van der Waals surface area contributed by atoms with Gasteiger partial charge in [-0.1, -0.05) is 18.2 Å². The van der Waals surface area contributed by atoms with Crippen molar-refractivity contribution >= 4 is 5.78 Å². The first-order chi connectivity index (χ1) is 11.2. The van der Waals surface area contributed by atoms with E-state index in [1.54, 1.807) is 6.07 Å². The van der Waals surface area contributed by atoms with Gasteiger partial charge in [0.2, 0.25) is 0 Å². The quantitative estimate of drug-likeness (QED) is 0.891. The van der Waals surface area contributed by atoms with E-state index in [4.69, 9.17) is 9.47 Å². The number of ether oxygens (including phenoxy) is 2. The summed E-state index contributed by atoms with van der Waals surface area (Å²) < 4.78 is 11.1. The molecule has 1 atom stereocenters.